The van der Waals surface area contributed by atoms with Crippen molar-refractivity contribution in [2.75, 3.05) is 24.5 Å². The summed E-state index contributed by atoms with van der Waals surface area (Å²) in [5, 5.41) is 0. The molecule has 0 saturated carbocycles. The zero-order valence-electron chi connectivity index (χ0n) is 11.5. The van der Waals surface area contributed by atoms with E-state index in [1.807, 2.05) is 0 Å². The highest BCUT2D eigenvalue weighted by atomic mass is 19.1. The van der Waals surface area contributed by atoms with Gasteiger partial charge in [-0.25, -0.2) is 4.39 Å². The van der Waals surface area contributed by atoms with Crippen molar-refractivity contribution in [1.29, 1.82) is 0 Å². The lowest BCUT2D eigenvalue weighted by molar-refractivity contribution is -0.131. The highest BCUT2D eigenvalue weighted by Gasteiger charge is 2.37. The molecule has 2 aliphatic heterocycles. The number of halogens is 1. The maximum absolute atomic E-state index is 13.3. The lowest BCUT2D eigenvalue weighted by atomic mass is 10.1. The number of carbonyl (C=O) groups is 3. The number of amides is 2. The first kappa shape index (κ1) is 13.7. The summed E-state index contributed by atoms with van der Waals surface area (Å²) in [6, 6.07) is 3.55. The van der Waals surface area contributed by atoms with Gasteiger partial charge in [-0.2, -0.15) is 0 Å². The Balaban J connectivity index is 1.82. The Hall–Kier alpha value is -2.24. The Morgan fingerprint density at radius 3 is 2.57 bits per heavy atom. The number of Topliss-reactive ketones (excluding diaryl/α,β-unsaturated/α-hetero) is 1. The molecule has 2 aliphatic rings. The minimum Gasteiger partial charge on any atom is -0.341 e. The molecule has 6 heteroatoms. The van der Waals surface area contributed by atoms with Crippen LogP contribution in [0.1, 0.15) is 29.6 Å². The van der Waals surface area contributed by atoms with E-state index in [-0.39, 0.29) is 23.7 Å². The molecule has 1 fully saturated rings. The molecular formula is C15H15FN2O3. The van der Waals surface area contributed by atoms with Crippen molar-refractivity contribution in [3.05, 3.63) is 29.6 Å². The van der Waals surface area contributed by atoms with Crippen molar-refractivity contribution in [2.24, 2.45) is 0 Å². The van der Waals surface area contributed by atoms with E-state index in [2.05, 4.69) is 0 Å². The van der Waals surface area contributed by atoms with E-state index >= 15 is 0 Å². The van der Waals surface area contributed by atoms with E-state index < -0.39 is 17.5 Å². The molecule has 110 valence electrons. The van der Waals surface area contributed by atoms with E-state index in [1.165, 1.54) is 6.07 Å². The molecule has 5 nitrogen and oxygen atoms in total. The Morgan fingerprint density at radius 2 is 1.86 bits per heavy atom. The van der Waals surface area contributed by atoms with Crippen molar-refractivity contribution in [1.82, 2.24) is 4.90 Å². The molecule has 3 rings (SSSR count). The molecule has 0 N–H and O–H groups in total. The number of rotatable bonds is 2. The minimum absolute atomic E-state index is 0.160. The first-order valence-corrected chi connectivity index (χ1v) is 7.01. The van der Waals surface area contributed by atoms with Gasteiger partial charge in [0.15, 0.2) is 0 Å². The van der Waals surface area contributed by atoms with Crippen LogP contribution >= 0.6 is 0 Å². The third-order valence-electron chi connectivity index (χ3n) is 3.94. The standard InChI is InChI=1S/C15H15FN2O3/c16-10-4-5-11-12(8-10)18(15(21)14(11)20)9-13(19)17-6-2-1-3-7-17/h4-5,8H,1-3,6-7,9H2. The van der Waals surface area contributed by atoms with Crippen molar-refractivity contribution < 1.29 is 18.8 Å². The highest BCUT2D eigenvalue weighted by Crippen LogP contribution is 2.29. The number of piperidine rings is 1. The molecule has 21 heavy (non-hydrogen) atoms. The normalized spacial score (nSPS) is 18.1. The van der Waals surface area contributed by atoms with Gasteiger partial charge in [0.2, 0.25) is 5.91 Å². The Bertz CT molecular complexity index is 623. The van der Waals surface area contributed by atoms with Gasteiger partial charge >= 0.3 is 0 Å². The lowest BCUT2D eigenvalue weighted by Crippen LogP contribution is -2.44. The molecule has 0 unspecified atom stereocenters. The van der Waals surface area contributed by atoms with E-state index in [0.29, 0.717) is 13.1 Å². The van der Waals surface area contributed by atoms with Crippen LogP contribution in [0.15, 0.2) is 18.2 Å². The molecule has 0 spiro atoms. The summed E-state index contributed by atoms with van der Waals surface area (Å²) in [5.74, 6) is -2.18. The summed E-state index contributed by atoms with van der Waals surface area (Å²) in [7, 11) is 0. The largest absolute Gasteiger partial charge is 0.341 e. The zero-order valence-corrected chi connectivity index (χ0v) is 11.5. The molecule has 1 saturated heterocycles. The number of hydrogen-bond acceptors (Lipinski definition) is 3. The molecule has 0 aliphatic carbocycles. The smallest absolute Gasteiger partial charge is 0.299 e. The number of anilines is 1. The van der Waals surface area contributed by atoms with Crippen molar-refractivity contribution in [3.8, 4) is 0 Å². The van der Waals surface area contributed by atoms with Gasteiger partial charge in [0, 0.05) is 13.1 Å². The Morgan fingerprint density at radius 1 is 1.14 bits per heavy atom. The molecule has 1 aromatic rings. The molecule has 0 aromatic heterocycles. The Kier molecular flexibility index (Phi) is 3.45. The van der Waals surface area contributed by atoms with Crippen LogP contribution in [0.3, 0.4) is 0 Å². The van der Waals surface area contributed by atoms with Gasteiger partial charge in [0.1, 0.15) is 12.4 Å². The zero-order chi connectivity index (χ0) is 15.0. The fourth-order valence-corrected chi connectivity index (χ4v) is 2.80. The minimum atomic E-state index is -0.763. The van der Waals surface area contributed by atoms with Crippen LogP contribution in [-0.2, 0) is 9.59 Å². The summed E-state index contributed by atoms with van der Waals surface area (Å²) in [6.07, 6.45) is 2.99. The quantitative estimate of drug-likeness (QED) is 0.773. The maximum Gasteiger partial charge on any atom is 0.299 e. The van der Waals surface area contributed by atoms with Crippen LogP contribution in [0.2, 0.25) is 0 Å². The number of nitrogens with zero attached hydrogens (tertiary/aromatic N) is 2. The summed E-state index contributed by atoms with van der Waals surface area (Å²) >= 11 is 0. The second kappa shape index (κ2) is 5.27. The highest BCUT2D eigenvalue weighted by molar-refractivity contribution is 6.52. The fraction of sp³-hybridized carbons (Fsp3) is 0.400. The first-order valence-electron chi connectivity index (χ1n) is 7.01. The third-order valence-corrected chi connectivity index (χ3v) is 3.94. The summed E-state index contributed by atoms with van der Waals surface area (Å²) in [4.78, 5) is 38.8. The van der Waals surface area contributed by atoms with Crippen LogP contribution in [0, 0.1) is 5.82 Å². The van der Waals surface area contributed by atoms with Crippen LogP contribution in [0.5, 0.6) is 0 Å². The van der Waals surface area contributed by atoms with Gasteiger partial charge in [-0.15, -0.1) is 0 Å². The summed E-state index contributed by atoms with van der Waals surface area (Å²) < 4.78 is 13.3. The van der Waals surface area contributed by atoms with Crippen LogP contribution < -0.4 is 4.90 Å². The predicted molar refractivity (Wildman–Crippen MR) is 73.5 cm³/mol. The molecule has 0 bridgehead atoms. The summed E-state index contributed by atoms with van der Waals surface area (Å²) in [6.45, 7) is 1.14. The molecule has 0 radical (unpaired) electrons. The number of fused-ring (bicyclic) bond motifs is 1. The van der Waals surface area contributed by atoms with Gasteiger partial charge in [-0.05, 0) is 37.5 Å². The summed E-state index contributed by atoms with van der Waals surface area (Å²) in [5.41, 5.74) is 0.350. The topological polar surface area (TPSA) is 57.7 Å². The molecule has 0 atom stereocenters. The number of likely N-dealkylation sites (tertiary alicyclic amines) is 1. The van der Waals surface area contributed by atoms with Crippen LogP contribution in [0.4, 0.5) is 10.1 Å². The molecule has 2 amide bonds. The first-order chi connectivity index (χ1) is 10.1. The fourth-order valence-electron chi connectivity index (χ4n) is 2.80. The van der Waals surface area contributed by atoms with Crippen LogP contribution in [0.25, 0.3) is 0 Å². The van der Waals surface area contributed by atoms with Gasteiger partial charge in [-0.1, -0.05) is 0 Å². The predicted octanol–water partition coefficient (Wildman–Crippen LogP) is 1.37. The maximum atomic E-state index is 13.3. The number of hydrogen-bond donors (Lipinski definition) is 0. The average Bonchev–Trinajstić information content (AvgIpc) is 2.73. The number of carbonyl (C=O) groups excluding carboxylic acids is 3. The van der Waals surface area contributed by atoms with Crippen molar-refractivity contribution in [2.45, 2.75) is 19.3 Å². The van der Waals surface area contributed by atoms with Crippen LogP contribution in [-0.4, -0.2) is 42.1 Å². The second-order valence-electron chi connectivity index (χ2n) is 5.32. The van der Waals surface area contributed by atoms with E-state index in [9.17, 15) is 18.8 Å². The number of ketones is 1. The van der Waals surface area contributed by atoms with Gasteiger partial charge in [0.05, 0.1) is 11.3 Å². The van der Waals surface area contributed by atoms with Crippen molar-refractivity contribution in [3.63, 3.8) is 0 Å². The molecule has 1 aromatic carbocycles. The van der Waals surface area contributed by atoms with Gasteiger partial charge in [-0.3, -0.25) is 19.3 Å². The van der Waals surface area contributed by atoms with E-state index in [4.69, 9.17) is 0 Å². The van der Waals surface area contributed by atoms with Gasteiger partial charge in [0.25, 0.3) is 11.7 Å². The monoisotopic (exact) mass is 290 g/mol. The van der Waals surface area contributed by atoms with Crippen molar-refractivity contribution >= 4 is 23.3 Å². The third kappa shape index (κ3) is 2.41. The molecular weight excluding hydrogens is 275 g/mol. The van der Waals surface area contributed by atoms with Gasteiger partial charge < -0.3 is 4.90 Å². The SMILES string of the molecule is O=C1C(=O)N(CC(=O)N2CCCCC2)c2cc(F)ccc21. The second-order valence-corrected chi connectivity index (χ2v) is 5.32. The Labute approximate surface area is 121 Å². The number of benzene rings is 1. The van der Waals surface area contributed by atoms with E-state index in [1.54, 1.807) is 4.90 Å². The van der Waals surface area contributed by atoms with E-state index in [0.717, 1.165) is 36.3 Å². The lowest BCUT2D eigenvalue weighted by Gasteiger charge is -2.28. The molecule has 2 heterocycles. The average molecular weight is 290 g/mol.